The number of benzene rings is 2. The fraction of sp³-hybridized carbons (Fsp3) is 0.292. The Bertz CT molecular complexity index is 1310. The molecule has 0 radical (unpaired) electrons. The lowest BCUT2D eigenvalue weighted by atomic mass is 9.85. The second-order valence-electron chi connectivity index (χ2n) is 7.78. The molecule has 4 aromatic rings. The molecular weight excluding hydrogens is 424 g/mol. The Balaban J connectivity index is 1.62. The highest BCUT2D eigenvalue weighted by molar-refractivity contribution is 7.20. The number of para-hydroxylation sites is 1. The van der Waals surface area contributed by atoms with Crippen molar-refractivity contribution in [3.63, 3.8) is 0 Å². The Labute approximate surface area is 190 Å². The van der Waals surface area contributed by atoms with E-state index in [9.17, 15) is 4.79 Å². The molecule has 7 nitrogen and oxygen atoms in total. The molecule has 0 spiro atoms. The number of nitrogens with zero attached hydrogens (tertiary/aromatic N) is 3. The van der Waals surface area contributed by atoms with Crippen LogP contribution in [0.15, 0.2) is 42.5 Å². The monoisotopic (exact) mass is 448 g/mol. The van der Waals surface area contributed by atoms with E-state index in [1.165, 1.54) is 11.3 Å². The molecule has 2 aromatic heterocycles. The summed E-state index contributed by atoms with van der Waals surface area (Å²) in [6, 6.07) is 13.7. The maximum absolute atomic E-state index is 12.8. The summed E-state index contributed by atoms with van der Waals surface area (Å²) >= 11 is 1.51. The number of amides is 1. The predicted molar refractivity (Wildman–Crippen MR) is 125 cm³/mol. The van der Waals surface area contributed by atoms with Crippen molar-refractivity contribution < 1.29 is 14.3 Å². The molecule has 1 aliphatic heterocycles. The van der Waals surface area contributed by atoms with Crippen molar-refractivity contribution in [2.45, 2.75) is 32.6 Å². The summed E-state index contributed by atoms with van der Waals surface area (Å²) in [6.45, 7) is 4.69. The molecule has 5 rings (SSSR count). The highest BCUT2D eigenvalue weighted by Gasteiger charge is 2.34. The Hall–Kier alpha value is -3.39. The summed E-state index contributed by atoms with van der Waals surface area (Å²) in [6.07, 6.45) is 1.27. The van der Waals surface area contributed by atoms with Crippen LogP contribution in [0.5, 0.6) is 11.5 Å². The summed E-state index contributed by atoms with van der Waals surface area (Å²) in [4.78, 5) is 17.5. The van der Waals surface area contributed by atoms with Crippen molar-refractivity contribution in [3.05, 3.63) is 59.3 Å². The van der Waals surface area contributed by atoms with Crippen molar-refractivity contribution in [3.8, 4) is 16.6 Å². The number of carbonyl (C=O) groups is 1. The minimum absolute atomic E-state index is 0.0447. The Kier molecular flexibility index (Phi) is 5.30. The number of hydrogen-bond acceptors (Lipinski definition) is 6. The van der Waals surface area contributed by atoms with Gasteiger partial charge in [-0.1, -0.05) is 36.5 Å². The van der Waals surface area contributed by atoms with E-state index >= 15 is 0 Å². The smallest absolute Gasteiger partial charge is 0.226 e. The average molecular weight is 449 g/mol. The number of ether oxygens (including phenoxy) is 2. The minimum atomic E-state index is -0.130. The van der Waals surface area contributed by atoms with Gasteiger partial charge in [0.15, 0.2) is 0 Å². The lowest BCUT2D eigenvalue weighted by Crippen LogP contribution is -2.25. The number of methoxy groups -OCH3 is 1. The molecule has 1 atom stereocenters. The fourth-order valence-corrected chi connectivity index (χ4v) is 5.13. The molecule has 0 saturated carbocycles. The zero-order valence-electron chi connectivity index (χ0n) is 18.2. The highest BCUT2D eigenvalue weighted by atomic mass is 32.1. The molecule has 1 N–H and O–H groups in total. The Morgan fingerprint density at radius 2 is 2.09 bits per heavy atom. The van der Waals surface area contributed by atoms with Crippen LogP contribution >= 0.6 is 11.3 Å². The first-order chi connectivity index (χ1) is 15.6. The third-order valence-electron chi connectivity index (χ3n) is 5.62. The zero-order valence-corrected chi connectivity index (χ0v) is 19.0. The van der Waals surface area contributed by atoms with E-state index in [-0.39, 0.29) is 11.8 Å². The van der Waals surface area contributed by atoms with Crippen LogP contribution in [-0.2, 0) is 4.79 Å². The lowest BCUT2D eigenvalue weighted by Gasteiger charge is -2.25. The normalized spacial score (nSPS) is 15.5. The number of nitrogens with one attached hydrogen (secondary N) is 1. The molecule has 0 unspecified atom stereocenters. The standard InChI is InChI=1S/C24H24N4O3S/c1-4-11-31-19-8-6-5-7-16(19)17-13-21(29)26-23-22(17)14(2)27-28(23)24-25-18-10-9-15(30-3)12-20(18)32-24/h5-10,12,17H,4,11,13H2,1-3H3,(H,26,29)/t17-/m0/s1. The van der Waals surface area contributed by atoms with E-state index in [1.807, 2.05) is 49.4 Å². The van der Waals surface area contributed by atoms with Gasteiger partial charge in [-0.2, -0.15) is 9.78 Å². The fourth-order valence-electron chi connectivity index (χ4n) is 4.17. The summed E-state index contributed by atoms with van der Waals surface area (Å²) in [5.74, 6) is 2.11. The topological polar surface area (TPSA) is 78.3 Å². The molecule has 8 heteroatoms. The number of fused-ring (bicyclic) bond motifs is 2. The van der Waals surface area contributed by atoms with Gasteiger partial charge in [0.05, 0.1) is 29.6 Å². The third-order valence-corrected chi connectivity index (χ3v) is 6.62. The van der Waals surface area contributed by atoms with Crippen molar-refractivity contribution >= 4 is 33.3 Å². The van der Waals surface area contributed by atoms with Gasteiger partial charge >= 0.3 is 0 Å². The quantitative estimate of drug-likeness (QED) is 0.446. The van der Waals surface area contributed by atoms with E-state index < -0.39 is 0 Å². The molecule has 1 aliphatic rings. The van der Waals surface area contributed by atoms with Gasteiger partial charge in [0, 0.05) is 23.5 Å². The second kappa shape index (κ2) is 8.27. The Morgan fingerprint density at radius 3 is 2.91 bits per heavy atom. The van der Waals surface area contributed by atoms with Crippen molar-refractivity contribution in [1.82, 2.24) is 14.8 Å². The molecule has 1 amide bonds. The second-order valence-corrected chi connectivity index (χ2v) is 8.79. The van der Waals surface area contributed by atoms with Crippen LogP contribution in [0.4, 0.5) is 5.82 Å². The number of rotatable bonds is 6. The van der Waals surface area contributed by atoms with Gasteiger partial charge in [-0.3, -0.25) is 4.79 Å². The number of aryl methyl sites for hydroxylation is 1. The van der Waals surface area contributed by atoms with Gasteiger partial charge in [-0.25, -0.2) is 4.98 Å². The first-order valence-electron chi connectivity index (χ1n) is 10.6. The summed E-state index contributed by atoms with van der Waals surface area (Å²) < 4.78 is 14.1. The molecule has 164 valence electrons. The van der Waals surface area contributed by atoms with Crippen molar-refractivity contribution in [1.29, 1.82) is 0 Å². The highest BCUT2D eigenvalue weighted by Crippen LogP contribution is 2.43. The van der Waals surface area contributed by atoms with E-state index in [1.54, 1.807) is 11.8 Å². The summed E-state index contributed by atoms with van der Waals surface area (Å²) in [5.41, 5.74) is 3.75. The molecule has 0 fully saturated rings. The van der Waals surface area contributed by atoms with Gasteiger partial charge < -0.3 is 14.8 Å². The van der Waals surface area contributed by atoms with Crippen LogP contribution in [-0.4, -0.2) is 34.4 Å². The van der Waals surface area contributed by atoms with Crippen LogP contribution in [0.25, 0.3) is 15.3 Å². The molecule has 0 saturated heterocycles. The maximum Gasteiger partial charge on any atom is 0.226 e. The molecule has 2 aromatic carbocycles. The number of hydrogen-bond donors (Lipinski definition) is 1. The molecular formula is C24H24N4O3S. The van der Waals surface area contributed by atoms with E-state index in [0.717, 1.165) is 45.0 Å². The first kappa shape index (κ1) is 20.5. The van der Waals surface area contributed by atoms with Gasteiger partial charge in [-0.15, -0.1) is 0 Å². The molecule has 0 bridgehead atoms. The summed E-state index contributed by atoms with van der Waals surface area (Å²) in [7, 11) is 1.65. The number of aromatic nitrogens is 3. The van der Waals surface area contributed by atoms with Gasteiger partial charge in [-0.05, 0) is 37.6 Å². The largest absolute Gasteiger partial charge is 0.497 e. The van der Waals surface area contributed by atoms with E-state index in [4.69, 9.17) is 19.6 Å². The Morgan fingerprint density at radius 1 is 1.25 bits per heavy atom. The molecule has 3 heterocycles. The van der Waals surface area contributed by atoms with Crippen LogP contribution in [0.1, 0.15) is 42.5 Å². The summed E-state index contributed by atoms with van der Waals surface area (Å²) in [5, 5.41) is 8.52. The first-order valence-corrected chi connectivity index (χ1v) is 11.5. The number of carbonyl (C=O) groups excluding carboxylic acids is 1. The van der Waals surface area contributed by atoms with Crippen LogP contribution in [0, 0.1) is 6.92 Å². The maximum atomic E-state index is 12.8. The number of anilines is 1. The zero-order chi connectivity index (χ0) is 22.2. The lowest BCUT2D eigenvalue weighted by molar-refractivity contribution is -0.116. The van der Waals surface area contributed by atoms with Crippen LogP contribution < -0.4 is 14.8 Å². The van der Waals surface area contributed by atoms with Crippen molar-refractivity contribution in [2.24, 2.45) is 0 Å². The molecule has 32 heavy (non-hydrogen) atoms. The van der Waals surface area contributed by atoms with E-state index in [0.29, 0.717) is 24.0 Å². The average Bonchev–Trinajstić information content (AvgIpc) is 3.37. The van der Waals surface area contributed by atoms with Gasteiger partial charge in [0.2, 0.25) is 11.0 Å². The third kappa shape index (κ3) is 3.50. The van der Waals surface area contributed by atoms with Crippen molar-refractivity contribution in [2.75, 3.05) is 19.0 Å². The van der Waals surface area contributed by atoms with Gasteiger partial charge in [0.1, 0.15) is 17.3 Å². The van der Waals surface area contributed by atoms with Crippen LogP contribution in [0.3, 0.4) is 0 Å². The number of thiazole rings is 1. The molecule has 0 aliphatic carbocycles. The predicted octanol–water partition coefficient (Wildman–Crippen LogP) is 5.06. The van der Waals surface area contributed by atoms with Gasteiger partial charge in [0.25, 0.3) is 0 Å². The SMILES string of the molecule is CCCOc1ccccc1[C@@H]1CC(=O)Nc2c1c(C)nn2-c1nc2ccc(OC)cc2s1. The minimum Gasteiger partial charge on any atom is -0.497 e. The van der Waals surface area contributed by atoms with E-state index in [2.05, 4.69) is 12.2 Å². The van der Waals surface area contributed by atoms with Crippen LogP contribution in [0.2, 0.25) is 0 Å².